The van der Waals surface area contributed by atoms with Crippen LogP contribution in [0.25, 0.3) is 0 Å². The highest BCUT2D eigenvalue weighted by Gasteiger charge is 2.19. The molecule has 0 bridgehead atoms. The minimum absolute atomic E-state index is 0.0392. The summed E-state index contributed by atoms with van der Waals surface area (Å²) in [5.74, 6) is 0.820. The molecular formula is C10H13BrO4. The minimum Gasteiger partial charge on any atom is -0.506 e. The largest absolute Gasteiger partial charge is 0.506 e. The Morgan fingerprint density at radius 2 is 1.93 bits per heavy atom. The van der Waals surface area contributed by atoms with Gasteiger partial charge in [0.25, 0.3) is 0 Å². The molecule has 1 unspecified atom stereocenters. The van der Waals surface area contributed by atoms with Crippen molar-refractivity contribution in [2.45, 2.75) is 13.0 Å². The van der Waals surface area contributed by atoms with Crippen LogP contribution < -0.4 is 9.47 Å². The Labute approximate surface area is 96.6 Å². The number of aliphatic hydroxyl groups excluding tert-OH is 1. The van der Waals surface area contributed by atoms with Crippen molar-refractivity contribution in [1.82, 2.24) is 0 Å². The summed E-state index contributed by atoms with van der Waals surface area (Å²) < 4.78 is 10.5. The Bertz CT molecular complexity index is 363. The summed E-state index contributed by atoms with van der Waals surface area (Å²) in [5, 5.41) is 19.2. The first kappa shape index (κ1) is 12.1. The zero-order chi connectivity index (χ0) is 11.6. The molecule has 4 nitrogen and oxygen atoms in total. The van der Waals surface area contributed by atoms with Crippen molar-refractivity contribution in [2.24, 2.45) is 0 Å². The van der Waals surface area contributed by atoms with Crippen molar-refractivity contribution >= 4 is 15.9 Å². The fourth-order valence-corrected chi connectivity index (χ4v) is 1.86. The molecule has 1 aromatic rings. The van der Waals surface area contributed by atoms with E-state index in [9.17, 15) is 10.2 Å². The van der Waals surface area contributed by atoms with Gasteiger partial charge in [0, 0.05) is 5.56 Å². The quantitative estimate of drug-likeness (QED) is 0.889. The molecule has 0 aromatic heterocycles. The molecule has 0 amide bonds. The van der Waals surface area contributed by atoms with Gasteiger partial charge in [-0.3, -0.25) is 0 Å². The summed E-state index contributed by atoms with van der Waals surface area (Å²) in [6.07, 6.45) is -0.777. The SMILES string of the molecule is COc1cc(C(C)O)c(O)c(Br)c1OC. The molecule has 5 heteroatoms. The highest BCUT2D eigenvalue weighted by molar-refractivity contribution is 9.10. The molecule has 0 aliphatic heterocycles. The maximum absolute atomic E-state index is 9.76. The van der Waals surface area contributed by atoms with Crippen molar-refractivity contribution in [1.29, 1.82) is 0 Å². The van der Waals surface area contributed by atoms with Crippen LogP contribution >= 0.6 is 15.9 Å². The van der Waals surface area contributed by atoms with Gasteiger partial charge in [-0.25, -0.2) is 0 Å². The maximum atomic E-state index is 9.76. The predicted octanol–water partition coefficient (Wildman–Crippen LogP) is 2.23. The standard InChI is InChI=1S/C10H13BrO4/c1-5(12)6-4-7(14-2)10(15-3)8(11)9(6)13/h4-5,12-13H,1-3H3. The molecular weight excluding hydrogens is 264 g/mol. The fourth-order valence-electron chi connectivity index (χ4n) is 1.28. The Morgan fingerprint density at radius 1 is 1.33 bits per heavy atom. The molecule has 1 rings (SSSR count). The summed E-state index contributed by atoms with van der Waals surface area (Å²) in [4.78, 5) is 0. The lowest BCUT2D eigenvalue weighted by Crippen LogP contribution is -1.98. The lowest BCUT2D eigenvalue weighted by Gasteiger charge is -2.15. The van der Waals surface area contributed by atoms with Gasteiger partial charge in [-0.1, -0.05) is 0 Å². The van der Waals surface area contributed by atoms with Crippen LogP contribution in [0.1, 0.15) is 18.6 Å². The van der Waals surface area contributed by atoms with E-state index < -0.39 is 6.10 Å². The van der Waals surface area contributed by atoms with Gasteiger partial charge in [0.2, 0.25) is 0 Å². The number of rotatable bonds is 3. The van der Waals surface area contributed by atoms with Crippen molar-refractivity contribution in [3.63, 3.8) is 0 Å². The fraction of sp³-hybridized carbons (Fsp3) is 0.400. The second kappa shape index (κ2) is 4.72. The molecule has 0 fully saturated rings. The van der Waals surface area contributed by atoms with Crippen molar-refractivity contribution in [3.8, 4) is 17.2 Å². The van der Waals surface area contributed by atoms with E-state index in [0.29, 0.717) is 21.5 Å². The van der Waals surface area contributed by atoms with E-state index >= 15 is 0 Å². The summed E-state index contributed by atoms with van der Waals surface area (Å²) in [7, 11) is 2.97. The first-order valence-corrected chi connectivity index (χ1v) is 5.13. The lowest BCUT2D eigenvalue weighted by molar-refractivity contribution is 0.194. The number of benzene rings is 1. The number of methoxy groups -OCH3 is 2. The number of phenols is 1. The van der Waals surface area contributed by atoms with Crippen LogP contribution in [0.2, 0.25) is 0 Å². The number of hydrogen-bond donors (Lipinski definition) is 2. The topological polar surface area (TPSA) is 58.9 Å². The molecule has 84 valence electrons. The molecule has 1 atom stereocenters. The molecule has 0 radical (unpaired) electrons. The van der Waals surface area contributed by atoms with Gasteiger partial charge < -0.3 is 19.7 Å². The Balaban J connectivity index is 3.42. The van der Waals surface area contributed by atoms with Crippen LogP contribution in [0.15, 0.2) is 10.5 Å². The molecule has 15 heavy (non-hydrogen) atoms. The molecule has 0 saturated heterocycles. The third-order valence-electron chi connectivity index (χ3n) is 2.07. The zero-order valence-corrected chi connectivity index (χ0v) is 10.3. The Hall–Kier alpha value is -0.940. The maximum Gasteiger partial charge on any atom is 0.178 e. The molecule has 0 heterocycles. The van der Waals surface area contributed by atoms with Gasteiger partial charge in [-0.05, 0) is 28.9 Å². The third-order valence-corrected chi connectivity index (χ3v) is 2.80. The first-order chi connectivity index (χ1) is 7.02. The van der Waals surface area contributed by atoms with E-state index in [4.69, 9.17) is 9.47 Å². The minimum atomic E-state index is -0.777. The van der Waals surface area contributed by atoms with Crippen LogP contribution in [0.3, 0.4) is 0 Å². The van der Waals surface area contributed by atoms with Crippen LogP contribution in [-0.4, -0.2) is 24.4 Å². The van der Waals surface area contributed by atoms with Crippen molar-refractivity contribution < 1.29 is 19.7 Å². The van der Waals surface area contributed by atoms with Crippen LogP contribution in [0, 0.1) is 0 Å². The lowest BCUT2D eigenvalue weighted by atomic mass is 10.1. The van der Waals surface area contributed by atoms with Gasteiger partial charge in [0.15, 0.2) is 11.5 Å². The zero-order valence-electron chi connectivity index (χ0n) is 8.74. The van der Waals surface area contributed by atoms with Crippen molar-refractivity contribution in [3.05, 3.63) is 16.1 Å². The van der Waals surface area contributed by atoms with E-state index in [0.717, 1.165) is 0 Å². The number of ether oxygens (including phenoxy) is 2. The van der Waals surface area contributed by atoms with E-state index in [2.05, 4.69) is 15.9 Å². The average molecular weight is 277 g/mol. The molecule has 0 spiro atoms. The van der Waals surface area contributed by atoms with E-state index in [1.54, 1.807) is 13.0 Å². The highest BCUT2D eigenvalue weighted by Crippen LogP contribution is 2.45. The van der Waals surface area contributed by atoms with E-state index in [1.165, 1.54) is 14.2 Å². The normalized spacial score (nSPS) is 12.3. The first-order valence-electron chi connectivity index (χ1n) is 4.34. The molecule has 2 N–H and O–H groups in total. The summed E-state index contributed by atoms with van der Waals surface area (Å²) in [6, 6.07) is 1.55. The number of phenolic OH excluding ortho intramolecular Hbond substituents is 1. The highest BCUT2D eigenvalue weighted by atomic mass is 79.9. The van der Waals surface area contributed by atoms with Crippen LogP contribution in [-0.2, 0) is 0 Å². The molecule has 0 saturated carbocycles. The monoisotopic (exact) mass is 276 g/mol. The van der Waals surface area contributed by atoms with Gasteiger partial charge in [-0.15, -0.1) is 0 Å². The van der Waals surface area contributed by atoms with Gasteiger partial charge >= 0.3 is 0 Å². The average Bonchev–Trinajstić information content (AvgIpc) is 2.21. The second-order valence-corrected chi connectivity index (χ2v) is 3.83. The number of halogens is 1. The van der Waals surface area contributed by atoms with Gasteiger partial charge in [0.1, 0.15) is 10.2 Å². The molecule has 0 aliphatic rings. The third kappa shape index (κ3) is 2.18. The summed E-state index contributed by atoms with van der Waals surface area (Å²) in [6.45, 7) is 1.56. The number of aromatic hydroxyl groups is 1. The van der Waals surface area contributed by atoms with Crippen molar-refractivity contribution in [2.75, 3.05) is 14.2 Å². The Kier molecular flexibility index (Phi) is 3.82. The summed E-state index contributed by atoms with van der Waals surface area (Å²) >= 11 is 3.19. The summed E-state index contributed by atoms with van der Waals surface area (Å²) in [5.41, 5.74) is 0.388. The Morgan fingerprint density at radius 3 is 2.33 bits per heavy atom. The predicted molar refractivity (Wildman–Crippen MR) is 59.5 cm³/mol. The van der Waals surface area contributed by atoms with Gasteiger partial charge in [0.05, 0.1) is 20.3 Å². The molecule has 0 aliphatic carbocycles. The number of aliphatic hydroxyl groups is 1. The van der Waals surface area contributed by atoms with Crippen LogP contribution in [0.5, 0.6) is 17.2 Å². The van der Waals surface area contributed by atoms with E-state index in [1.807, 2.05) is 0 Å². The second-order valence-electron chi connectivity index (χ2n) is 3.04. The van der Waals surface area contributed by atoms with Crippen LogP contribution in [0.4, 0.5) is 0 Å². The van der Waals surface area contributed by atoms with E-state index in [-0.39, 0.29) is 5.75 Å². The van der Waals surface area contributed by atoms with Gasteiger partial charge in [-0.2, -0.15) is 0 Å². The number of hydrogen-bond acceptors (Lipinski definition) is 4. The molecule has 1 aromatic carbocycles. The smallest absolute Gasteiger partial charge is 0.178 e.